The van der Waals surface area contributed by atoms with Crippen LogP contribution >= 0.6 is 11.8 Å². The largest absolute Gasteiger partial charge is 0.496 e. The first-order valence-corrected chi connectivity index (χ1v) is 7.30. The molecule has 20 heavy (non-hydrogen) atoms. The van der Waals surface area contributed by atoms with Gasteiger partial charge in [0.2, 0.25) is 0 Å². The van der Waals surface area contributed by atoms with E-state index in [4.69, 9.17) is 4.74 Å². The second kappa shape index (κ2) is 7.01. The SMILES string of the molecule is CNC(=O)c1ccc(SCc2ccccc2)c(OC)c1. The molecule has 0 aromatic heterocycles. The van der Waals surface area contributed by atoms with Gasteiger partial charge in [0.25, 0.3) is 5.91 Å². The Morgan fingerprint density at radius 2 is 1.95 bits per heavy atom. The molecule has 104 valence electrons. The Kier molecular flexibility index (Phi) is 5.07. The maximum absolute atomic E-state index is 11.6. The molecule has 1 amide bonds. The van der Waals surface area contributed by atoms with Crippen molar-refractivity contribution < 1.29 is 9.53 Å². The van der Waals surface area contributed by atoms with E-state index in [1.165, 1.54) is 5.56 Å². The summed E-state index contributed by atoms with van der Waals surface area (Å²) in [6.45, 7) is 0. The van der Waals surface area contributed by atoms with E-state index in [9.17, 15) is 4.79 Å². The Morgan fingerprint density at radius 1 is 1.20 bits per heavy atom. The molecule has 3 nitrogen and oxygen atoms in total. The zero-order chi connectivity index (χ0) is 14.4. The van der Waals surface area contributed by atoms with Gasteiger partial charge in [0.15, 0.2) is 0 Å². The lowest BCUT2D eigenvalue weighted by atomic mass is 10.2. The molecule has 0 saturated carbocycles. The molecule has 1 N–H and O–H groups in total. The monoisotopic (exact) mass is 287 g/mol. The summed E-state index contributed by atoms with van der Waals surface area (Å²) in [4.78, 5) is 12.6. The first-order valence-electron chi connectivity index (χ1n) is 6.31. The van der Waals surface area contributed by atoms with Gasteiger partial charge < -0.3 is 10.1 Å². The van der Waals surface area contributed by atoms with E-state index in [0.29, 0.717) is 5.56 Å². The van der Waals surface area contributed by atoms with Crippen molar-refractivity contribution in [2.75, 3.05) is 14.2 Å². The van der Waals surface area contributed by atoms with Crippen molar-refractivity contribution in [3.63, 3.8) is 0 Å². The average molecular weight is 287 g/mol. The minimum absolute atomic E-state index is 0.108. The summed E-state index contributed by atoms with van der Waals surface area (Å²) in [6.07, 6.45) is 0. The number of thioether (sulfide) groups is 1. The smallest absolute Gasteiger partial charge is 0.251 e. The van der Waals surface area contributed by atoms with Gasteiger partial charge in [-0.15, -0.1) is 11.8 Å². The summed E-state index contributed by atoms with van der Waals surface area (Å²) in [5.41, 5.74) is 1.86. The van der Waals surface area contributed by atoms with E-state index in [1.807, 2.05) is 30.3 Å². The lowest BCUT2D eigenvalue weighted by Crippen LogP contribution is -2.17. The number of ether oxygens (including phenoxy) is 1. The van der Waals surface area contributed by atoms with Crippen LogP contribution in [0, 0.1) is 0 Å². The molecule has 0 aliphatic carbocycles. The first kappa shape index (κ1) is 14.5. The van der Waals surface area contributed by atoms with Gasteiger partial charge in [0.05, 0.1) is 7.11 Å². The van der Waals surface area contributed by atoms with Gasteiger partial charge in [-0.05, 0) is 23.8 Å². The minimum Gasteiger partial charge on any atom is -0.496 e. The molecular weight excluding hydrogens is 270 g/mol. The fraction of sp³-hybridized carbons (Fsp3) is 0.188. The summed E-state index contributed by atoms with van der Waals surface area (Å²) in [5, 5.41) is 2.61. The highest BCUT2D eigenvalue weighted by Crippen LogP contribution is 2.32. The highest BCUT2D eigenvalue weighted by Gasteiger charge is 2.09. The van der Waals surface area contributed by atoms with Gasteiger partial charge in [-0.1, -0.05) is 30.3 Å². The second-order valence-corrected chi connectivity index (χ2v) is 5.24. The number of benzene rings is 2. The molecular formula is C16H17NO2S. The third-order valence-electron chi connectivity index (χ3n) is 2.89. The number of carbonyl (C=O) groups is 1. The van der Waals surface area contributed by atoms with Crippen LogP contribution in [0.2, 0.25) is 0 Å². The van der Waals surface area contributed by atoms with Crippen molar-refractivity contribution >= 4 is 17.7 Å². The van der Waals surface area contributed by atoms with Crippen molar-refractivity contribution in [3.05, 3.63) is 59.7 Å². The number of nitrogens with one attached hydrogen (secondary N) is 1. The van der Waals surface area contributed by atoms with Crippen LogP contribution in [0.4, 0.5) is 0 Å². The van der Waals surface area contributed by atoms with Crippen LogP contribution in [0.15, 0.2) is 53.4 Å². The van der Waals surface area contributed by atoms with E-state index in [2.05, 4.69) is 17.4 Å². The second-order valence-electron chi connectivity index (χ2n) is 4.22. The highest BCUT2D eigenvalue weighted by atomic mass is 32.2. The minimum atomic E-state index is -0.108. The lowest BCUT2D eigenvalue weighted by molar-refractivity contribution is 0.0962. The van der Waals surface area contributed by atoms with E-state index in [-0.39, 0.29) is 5.91 Å². The number of rotatable bonds is 5. The summed E-state index contributed by atoms with van der Waals surface area (Å²) in [5.74, 6) is 1.49. The van der Waals surface area contributed by atoms with Gasteiger partial charge in [-0.25, -0.2) is 0 Å². The van der Waals surface area contributed by atoms with Crippen LogP contribution in [0.1, 0.15) is 15.9 Å². The molecule has 0 saturated heterocycles. The molecule has 2 aromatic carbocycles. The summed E-state index contributed by atoms with van der Waals surface area (Å²) < 4.78 is 5.37. The molecule has 2 rings (SSSR count). The van der Waals surface area contributed by atoms with Crippen LogP contribution < -0.4 is 10.1 Å². The topological polar surface area (TPSA) is 38.3 Å². The molecule has 4 heteroatoms. The quantitative estimate of drug-likeness (QED) is 0.857. The summed E-state index contributed by atoms with van der Waals surface area (Å²) >= 11 is 1.70. The van der Waals surface area contributed by atoms with Crippen LogP contribution in [0.5, 0.6) is 5.75 Å². The fourth-order valence-electron chi connectivity index (χ4n) is 1.81. The highest BCUT2D eigenvalue weighted by molar-refractivity contribution is 7.98. The van der Waals surface area contributed by atoms with Crippen LogP contribution in [-0.2, 0) is 5.75 Å². The molecule has 0 bridgehead atoms. The van der Waals surface area contributed by atoms with Crippen molar-refractivity contribution in [1.29, 1.82) is 0 Å². The molecule has 0 heterocycles. The van der Waals surface area contributed by atoms with Gasteiger partial charge >= 0.3 is 0 Å². The van der Waals surface area contributed by atoms with Crippen molar-refractivity contribution in [1.82, 2.24) is 5.32 Å². The first-order chi connectivity index (χ1) is 9.74. The zero-order valence-electron chi connectivity index (χ0n) is 11.6. The van der Waals surface area contributed by atoms with E-state index < -0.39 is 0 Å². The number of methoxy groups -OCH3 is 1. The lowest BCUT2D eigenvalue weighted by Gasteiger charge is -2.10. The third-order valence-corrected chi connectivity index (χ3v) is 4.02. The average Bonchev–Trinajstić information content (AvgIpc) is 2.53. The molecule has 0 atom stereocenters. The molecule has 0 unspecified atom stereocenters. The maximum atomic E-state index is 11.6. The van der Waals surface area contributed by atoms with Gasteiger partial charge in [-0.2, -0.15) is 0 Å². The normalized spacial score (nSPS) is 10.1. The molecule has 0 spiro atoms. The van der Waals surface area contributed by atoms with Gasteiger partial charge in [0.1, 0.15) is 5.75 Å². The number of carbonyl (C=O) groups excluding carboxylic acids is 1. The van der Waals surface area contributed by atoms with Gasteiger partial charge in [-0.3, -0.25) is 4.79 Å². The van der Waals surface area contributed by atoms with Crippen molar-refractivity contribution in [2.45, 2.75) is 10.6 Å². The van der Waals surface area contributed by atoms with Gasteiger partial charge in [0, 0.05) is 23.3 Å². The molecule has 0 fully saturated rings. The standard InChI is InChI=1S/C16H17NO2S/c1-17-16(18)13-8-9-15(14(10-13)19-2)20-11-12-6-4-3-5-7-12/h3-10H,11H2,1-2H3,(H,17,18). The Labute approximate surface area is 123 Å². The molecule has 0 radical (unpaired) electrons. The predicted octanol–water partition coefficient (Wildman–Crippen LogP) is 3.35. The van der Waals surface area contributed by atoms with Crippen LogP contribution in [-0.4, -0.2) is 20.1 Å². The predicted molar refractivity (Wildman–Crippen MR) is 82.4 cm³/mol. The maximum Gasteiger partial charge on any atom is 0.251 e. The third kappa shape index (κ3) is 3.54. The van der Waals surface area contributed by atoms with Crippen molar-refractivity contribution in [3.8, 4) is 5.75 Å². The Hall–Kier alpha value is -1.94. The zero-order valence-corrected chi connectivity index (χ0v) is 12.4. The van der Waals surface area contributed by atoms with E-state index >= 15 is 0 Å². The Balaban J connectivity index is 2.13. The van der Waals surface area contributed by atoms with E-state index in [0.717, 1.165) is 16.4 Å². The molecule has 0 aliphatic rings. The summed E-state index contributed by atoms with van der Waals surface area (Å²) in [7, 11) is 3.24. The number of hydrogen-bond donors (Lipinski definition) is 1. The van der Waals surface area contributed by atoms with Crippen LogP contribution in [0.3, 0.4) is 0 Å². The Bertz CT molecular complexity index is 584. The van der Waals surface area contributed by atoms with Crippen LogP contribution in [0.25, 0.3) is 0 Å². The summed E-state index contributed by atoms with van der Waals surface area (Å²) in [6, 6.07) is 15.8. The van der Waals surface area contributed by atoms with E-state index in [1.54, 1.807) is 32.0 Å². The van der Waals surface area contributed by atoms with Crippen molar-refractivity contribution in [2.24, 2.45) is 0 Å². The fourth-order valence-corrected chi connectivity index (χ4v) is 2.77. The Morgan fingerprint density at radius 3 is 2.60 bits per heavy atom. The number of hydrogen-bond acceptors (Lipinski definition) is 3. The number of amides is 1. The molecule has 0 aliphatic heterocycles. The molecule has 2 aromatic rings.